The Kier molecular flexibility index (Phi) is 5.80. The van der Waals surface area contributed by atoms with Crippen LogP contribution in [0.2, 0.25) is 0 Å². The van der Waals surface area contributed by atoms with Crippen molar-refractivity contribution >= 4 is 33.2 Å². The largest absolute Gasteiger partial charge is 0.370 e. The second-order valence-electron chi connectivity index (χ2n) is 4.97. The second-order valence-corrected chi connectivity index (χ2v) is 7.38. The number of aliphatic imine (C=N–C) groups is 1. The van der Waals surface area contributed by atoms with Crippen LogP contribution in [-0.4, -0.2) is 41.5 Å². The number of hydrogen-bond donors (Lipinski definition) is 2. The highest BCUT2D eigenvalue weighted by Gasteiger charge is 2.22. The van der Waals surface area contributed by atoms with E-state index in [9.17, 15) is 0 Å². The first kappa shape index (κ1) is 15.7. The van der Waals surface area contributed by atoms with Gasteiger partial charge >= 0.3 is 0 Å². The minimum atomic E-state index is 0.511. The molecule has 0 spiro atoms. The molecule has 0 radical (unpaired) electrons. The van der Waals surface area contributed by atoms with Gasteiger partial charge in [0.05, 0.1) is 16.0 Å². The molecule has 1 aliphatic heterocycles. The van der Waals surface area contributed by atoms with Crippen LogP contribution in [0.3, 0.4) is 0 Å². The molecular formula is C13H22BrN5S. The number of guanidine groups is 1. The Hall–Kier alpha value is -0.660. The van der Waals surface area contributed by atoms with Gasteiger partial charge in [0.1, 0.15) is 5.01 Å². The summed E-state index contributed by atoms with van der Waals surface area (Å²) in [5.74, 6) is 0.511. The van der Waals surface area contributed by atoms with Gasteiger partial charge in [0, 0.05) is 12.6 Å². The smallest absolute Gasteiger partial charge is 0.189 e. The number of nitrogens with two attached hydrogens (primary N) is 1. The minimum Gasteiger partial charge on any atom is -0.370 e. The van der Waals surface area contributed by atoms with Crippen molar-refractivity contribution in [2.24, 2.45) is 10.7 Å². The lowest BCUT2D eigenvalue weighted by molar-refractivity contribution is 0.267. The molecule has 1 unspecified atom stereocenters. The normalized spacial score (nSPS) is 20.6. The molecule has 1 fully saturated rings. The van der Waals surface area contributed by atoms with E-state index < -0.39 is 0 Å². The molecule has 0 aliphatic carbocycles. The molecule has 2 rings (SSSR count). The zero-order chi connectivity index (χ0) is 14.5. The van der Waals surface area contributed by atoms with Crippen molar-refractivity contribution in [2.45, 2.75) is 39.3 Å². The standard InChI is InChI=1S/C13H22BrN5S/c1-3-19-6-4-5-10(19)7-16-13(15)17-8-11-18-9(2)12(14)20-11/h10H,3-8H2,1-2H3,(H3,15,16,17). The first-order valence-corrected chi connectivity index (χ1v) is 8.60. The number of nitrogens with one attached hydrogen (secondary N) is 1. The van der Waals surface area contributed by atoms with Gasteiger partial charge in [-0.1, -0.05) is 6.92 Å². The Balaban J connectivity index is 1.79. The molecular weight excluding hydrogens is 338 g/mol. The molecule has 7 heteroatoms. The Morgan fingerprint density at radius 1 is 1.65 bits per heavy atom. The van der Waals surface area contributed by atoms with Gasteiger partial charge < -0.3 is 11.1 Å². The molecule has 1 aromatic rings. The molecule has 5 nitrogen and oxygen atoms in total. The van der Waals surface area contributed by atoms with Crippen molar-refractivity contribution < 1.29 is 0 Å². The van der Waals surface area contributed by atoms with E-state index in [0.717, 1.165) is 27.6 Å². The van der Waals surface area contributed by atoms with Crippen molar-refractivity contribution in [1.82, 2.24) is 15.2 Å². The Morgan fingerprint density at radius 2 is 2.45 bits per heavy atom. The van der Waals surface area contributed by atoms with Crippen LogP contribution in [0.5, 0.6) is 0 Å². The second kappa shape index (κ2) is 7.38. The van der Waals surface area contributed by atoms with E-state index in [2.05, 4.69) is 43.0 Å². The Labute approximate surface area is 132 Å². The number of rotatable bonds is 5. The number of nitrogens with zero attached hydrogens (tertiary/aromatic N) is 3. The van der Waals surface area contributed by atoms with E-state index in [4.69, 9.17) is 5.73 Å². The highest BCUT2D eigenvalue weighted by Crippen LogP contribution is 2.24. The van der Waals surface area contributed by atoms with E-state index in [1.54, 1.807) is 11.3 Å². The van der Waals surface area contributed by atoms with Gasteiger partial charge in [-0.2, -0.15) is 0 Å². The fraction of sp³-hybridized carbons (Fsp3) is 0.692. The average Bonchev–Trinajstić information content (AvgIpc) is 3.01. The first-order valence-electron chi connectivity index (χ1n) is 6.99. The molecule has 0 saturated carbocycles. The zero-order valence-corrected chi connectivity index (χ0v) is 14.4. The van der Waals surface area contributed by atoms with Crippen LogP contribution in [0.25, 0.3) is 0 Å². The topological polar surface area (TPSA) is 66.5 Å². The third kappa shape index (κ3) is 4.17. The molecule has 112 valence electrons. The number of thiazole rings is 1. The summed E-state index contributed by atoms with van der Waals surface area (Å²) in [6.45, 7) is 7.91. The van der Waals surface area contributed by atoms with E-state index >= 15 is 0 Å². The summed E-state index contributed by atoms with van der Waals surface area (Å²) in [7, 11) is 0. The predicted molar refractivity (Wildman–Crippen MR) is 88.1 cm³/mol. The lowest BCUT2D eigenvalue weighted by atomic mass is 10.2. The van der Waals surface area contributed by atoms with Crippen LogP contribution in [0.15, 0.2) is 8.78 Å². The van der Waals surface area contributed by atoms with Crippen molar-refractivity contribution in [3.63, 3.8) is 0 Å². The van der Waals surface area contributed by atoms with Gasteiger partial charge in [-0.05, 0) is 48.8 Å². The quantitative estimate of drug-likeness (QED) is 0.624. The Bertz CT molecular complexity index is 454. The highest BCUT2D eigenvalue weighted by molar-refractivity contribution is 9.11. The molecule has 0 amide bonds. The van der Waals surface area contributed by atoms with Crippen LogP contribution in [-0.2, 0) is 6.54 Å². The van der Waals surface area contributed by atoms with Gasteiger partial charge in [0.15, 0.2) is 5.96 Å². The van der Waals surface area contributed by atoms with E-state index in [1.807, 2.05) is 6.92 Å². The third-order valence-corrected chi connectivity index (χ3v) is 5.58. The fourth-order valence-electron chi connectivity index (χ4n) is 2.47. The molecule has 1 aliphatic rings. The molecule has 0 aromatic carbocycles. The maximum Gasteiger partial charge on any atom is 0.189 e. The van der Waals surface area contributed by atoms with E-state index in [-0.39, 0.29) is 0 Å². The third-order valence-electron chi connectivity index (χ3n) is 3.59. The monoisotopic (exact) mass is 359 g/mol. The number of aromatic nitrogens is 1. The van der Waals surface area contributed by atoms with Crippen LogP contribution < -0.4 is 11.1 Å². The minimum absolute atomic E-state index is 0.511. The van der Waals surface area contributed by atoms with Crippen molar-refractivity contribution in [3.8, 4) is 0 Å². The number of aryl methyl sites for hydroxylation is 1. The van der Waals surface area contributed by atoms with Crippen LogP contribution >= 0.6 is 27.3 Å². The number of halogens is 1. The predicted octanol–water partition coefficient (Wildman–Crippen LogP) is 2.10. The maximum atomic E-state index is 5.92. The summed E-state index contributed by atoms with van der Waals surface area (Å²) in [6, 6.07) is 0.588. The molecule has 1 aromatic heterocycles. The van der Waals surface area contributed by atoms with Gasteiger partial charge in [0.2, 0.25) is 0 Å². The average molecular weight is 360 g/mol. The number of hydrogen-bond acceptors (Lipinski definition) is 4. The van der Waals surface area contributed by atoms with Crippen LogP contribution in [0.4, 0.5) is 0 Å². The summed E-state index contributed by atoms with van der Waals surface area (Å²) < 4.78 is 1.07. The molecule has 0 bridgehead atoms. The lowest BCUT2D eigenvalue weighted by Gasteiger charge is -2.23. The first-order chi connectivity index (χ1) is 9.60. The van der Waals surface area contributed by atoms with Crippen molar-refractivity contribution in [2.75, 3.05) is 19.6 Å². The summed E-state index contributed by atoms with van der Waals surface area (Å²) >= 11 is 5.08. The van der Waals surface area contributed by atoms with E-state index in [0.29, 0.717) is 18.5 Å². The zero-order valence-electron chi connectivity index (χ0n) is 12.0. The van der Waals surface area contributed by atoms with Gasteiger partial charge in [-0.25, -0.2) is 9.98 Å². The van der Waals surface area contributed by atoms with Gasteiger partial charge in [-0.3, -0.25) is 4.90 Å². The summed E-state index contributed by atoms with van der Waals surface area (Å²) in [5, 5.41) is 4.21. The Morgan fingerprint density at radius 3 is 3.10 bits per heavy atom. The number of likely N-dealkylation sites (tertiary alicyclic amines) is 1. The number of likely N-dealkylation sites (N-methyl/N-ethyl adjacent to an activating group) is 1. The molecule has 20 heavy (non-hydrogen) atoms. The van der Waals surface area contributed by atoms with Gasteiger partial charge in [-0.15, -0.1) is 11.3 Å². The highest BCUT2D eigenvalue weighted by atomic mass is 79.9. The SMILES string of the molecule is CCN1CCCC1CNC(N)=NCc1nc(C)c(Br)s1. The summed E-state index contributed by atoms with van der Waals surface area (Å²) in [6.07, 6.45) is 2.52. The maximum absolute atomic E-state index is 5.92. The fourth-order valence-corrected chi connectivity index (χ4v) is 3.83. The van der Waals surface area contributed by atoms with Crippen molar-refractivity contribution in [3.05, 3.63) is 14.5 Å². The molecule has 1 atom stereocenters. The van der Waals surface area contributed by atoms with Gasteiger partial charge in [0.25, 0.3) is 0 Å². The van der Waals surface area contributed by atoms with Crippen molar-refractivity contribution in [1.29, 1.82) is 0 Å². The summed E-state index contributed by atoms with van der Waals surface area (Å²) in [5.41, 5.74) is 6.93. The lowest BCUT2D eigenvalue weighted by Crippen LogP contribution is -2.42. The molecule has 2 heterocycles. The van der Waals surface area contributed by atoms with Crippen LogP contribution in [0, 0.1) is 6.92 Å². The van der Waals surface area contributed by atoms with E-state index in [1.165, 1.54) is 19.4 Å². The molecule has 3 N–H and O–H groups in total. The van der Waals surface area contributed by atoms with Crippen LogP contribution in [0.1, 0.15) is 30.5 Å². The summed E-state index contributed by atoms with van der Waals surface area (Å²) in [4.78, 5) is 11.3. The molecule has 1 saturated heterocycles.